The molecule has 1 amide bonds. The van der Waals surface area contributed by atoms with Gasteiger partial charge in [0.1, 0.15) is 15.8 Å². The second-order valence-electron chi connectivity index (χ2n) is 5.18. The Morgan fingerprint density at radius 3 is 2.48 bits per heavy atom. The number of carbonyl (C=O) groups excluding carboxylic acids is 2. The van der Waals surface area contributed by atoms with Crippen LogP contribution in [0.5, 0.6) is 0 Å². The number of aliphatic carboxylic acids is 1. The van der Waals surface area contributed by atoms with Crippen molar-refractivity contribution in [2.75, 3.05) is 20.2 Å². The SMILES string of the molecule is COC(=O)c1scc(C)c1S(=O)(=O)N(CCNC(C)=O)C(C)C(=O)O. The Morgan fingerprint density at radius 1 is 1.40 bits per heavy atom. The minimum absolute atomic E-state index is 0.0665. The van der Waals surface area contributed by atoms with Crippen molar-refractivity contribution in [3.05, 3.63) is 15.8 Å². The number of amides is 1. The van der Waals surface area contributed by atoms with Crippen molar-refractivity contribution in [3.8, 4) is 0 Å². The number of ether oxygens (including phenoxy) is 1. The van der Waals surface area contributed by atoms with Gasteiger partial charge in [-0.3, -0.25) is 9.59 Å². The summed E-state index contributed by atoms with van der Waals surface area (Å²) in [5, 5.41) is 13.1. The minimum Gasteiger partial charge on any atom is -0.480 e. The van der Waals surface area contributed by atoms with Gasteiger partial charge >= 0.3 is 11.9 Å². The predicted octanol–water partition coefficient (Wildman–Crippen LogP) is 0.443. The molecule has 0 saturated carbocycles. The van der Waals surface area contributed by atoms with Crippen molar-refractivity contribution >= 4 is 39.2 Å². The molecule has 1 unspecified atom stereocenters. The molecule has 2 N–H and O–H groups in total. The highest BCUT2D eigenvalue weighted by Crippen LogP contribution is 2.31. The van der Waals surface area contributed by atoms with Gasteiger partial charge in [0.15, 0.2) is 0 Å². The van der Waals surface area contributed by atoms with Crippen LogP contribution in [0.4, 0.5) is 0 Å². The van der Waals surface area contributed by atoms with Gasteiger partial charge in [0.25, 0.3) is 0 Å². The molecule has 1 aromatic heterocycles. The highest BCUT2D eigenvalue weighted by molar-refractivity contribution is 7.89. The third kappa shape index (κ3) is 4.77. The lowest BCUT2D eigenvalue weighted by Crippen LogP contribution is -2.47. The molecule has 1 heterocycles. The Bertz CT molecular complexity index is 770. The number of methoxy groups -OCH3 is 1. The van der Waals surface area contributed by atoms with Crippen molar-refractivity contribution in [2.45, 2.75) is 31.7 Å². The van der Waals surface area contributed by atoms with Crippen molar-refractivity contribution in [1.82, 2.24) is 9.62 Å². The number of carboxylic acids is 1. The quantitative estimate of drug-likeness (QED) is 0.614. The molecular formula is C14H20N2O7S2. The summed E-state index contributed by atoms with van der Waals surface area (Å²) in [5.74, 6) is -2.54. The van der Waals surface area contributed by atoms with E-state index in [-0.39, 0.29) is 28.8 Å². The van der Waals surface area contributed by atoms with E-state index in [2.05, 4.69) is 10.1 Å². The van der Waals surface area contributed by atoms with Gasteiger partial charge in [-0.05, 0) is 24.8 Å². The van der Waals surface area contributed by atoms with Gasteiger partial charge in [-0.1, -0.05) is 0 Å². The number of nitrogens with zero attached hydrogens (tertiary/aromatic N) is 1. The molecule has 140 valence electrons. The average molecular weight is 392 g/mol. The number of hydrogen-bond donors (Lipinski definition) is 2. The smallest absolute Gasteiger partial charge is 0.349 e. The molecule has 0 bridgehead atoms. The van der Waals surface area contributed by atoms with Gasteiger partial charge in [-0.25, -0.2) is 13.2 Å². The number of hydrogen-bond acceptors (Lipinski definition) is 7. The maximum Gasteiger partial charge on any atom is 0.349 e. The van der Waals surface area contributed by atoms with Crippen molar-refractivity contribution in [1.29, 1.82) is 0 Å². The van der Waals surface area contributed by atoms with Gasteiger partial charge in [0.2, 0.25) is 15.9 Å². The molecule has 11 heteroatoms. The lowest BCUT2D eigenvalue weighted by atomic mass is 10.3. The zero-order valence-electron chi connectivity index (χ0n) is 14.2. The summed E-state index contributed by atoms with van der Waals surface area (Å²) >= 11 is 0.904. The van der Waals surface area contributed by atoms with Crippen molar-refractivity contribution < 1.29 is 32.6 Å². The summed E-state index contributed by atoms with van der Waals surface area (Å²) < 4.78 is 31.4. The number of rotatable bonds is 8. The summed E-state index contributed by atoms with van der Waals surface area (Å²) in [6.07, 6.45) is 0. The second kappa shape index (κ2) is 8.41. The molecule has 0 aliphatic heterocycles. The van der Waals surface area contributed by atoms with Gasteiger partial charge < -0.3 is 15.2 Å². The molecule has 0 radical (unpaired) electrons. The molecule has 0 aliphatic carbocycles. The van der Waals surface area contributed by atoms with E-state index >= 15 is 0 Å². The van der Waals surface area contributed by atoms with Crippen LogP contribution in [0, 0.1) is 6.92 Å². The molecule has 0 fully saturated rings. The van der Waals surface area contributed by atoms with Crippen LogP contribution in [0.25, 0.3) is 0 Å². The van der Waals surface area contributed by atoms with E-state index in [4.69, 9.17) is 0 Å². The van der Waals surface area contributed by atoms with E-state index in [0.717, 1.165) is 22.8 Å². The second-order valence-corrected chi connectivity index (χ2v) is 7.89. The Labute approximate surface area is 149 Å². The van der Waals surface area contributed by atoms with E-state index in [1.54, 1.807) is 0 Å². The summed E-state index contributed by atoms with van der Waals surface area (Å²) in [4.78, 5) is 33.8. The molecule has 0 spiro atoms. The van der Waals surface area contributed by atoms with Gasteiger partial charge in [-0.15, -0.1) is 11.3 Å². The first-order valence-corrected chi connectivity index (χ1v) is 9.51. The fourth-order valence-electron chi connectivity index (χ4n) is 2.09. The predicted molar refractivity (Wildman–Crippen MR) is 90.1 cm³/mol. The maximum atomic E-state index is 13.0. The Morgan fingerprint density at radius 2 is 2.00 bits per heavy atom. The standard InChI is InChI=1S/C14H20N2O7S2/c1-8-7-24-11(14(20)23-4)12(8)25(21,22)16(9(2)13(18)19)6-5-15-10(3)17/h7,9H,5-6H2,1-4H3,(H,15,17)(H,18,19). The summed E-state index contributed by atoms with van der Waals surface area (Å²) in [7, 11) is -3.18. The van der Waals surface area contributed by atoms with Crippen LogP contribution >= 0.6 is 11.3 Å². The molecule has 0 saturated heterocycles. The number of thiophene rings is 1. The molecule has 1 atom stereocenters. The number of carbonyl (C=O) groups is 3. The van der Waals surface area contributed by atoms with Crippen molar-refractivity contribution in [2.24, 2.45) is 0 Å². The Hall–Kier alpha value is -1.98. The first-order chi connectivity index (χ1) is 11.5. The maximum absolute atomic E-state index is 13.0. The third-order valence-corrected chi connectivity index (χ3v) is 6.72. The third-order valence-electron chi connectivity index (χ3n) is 3.35. The molecular weight excluding hydrogens is 372 g/mol. The normalized spacial score (nSPS) is 12.7. The van der Waals surface area contributed by atoms with Crippen LogP contribution in [0.2, 0.25) is 0 Å². The zero-order chi connectivity index (χ0) is 19.4. The summed E-state index contributed by atoms with van der Waals surface area (Å²) in [5.41, 5.74) is 0.313. The van der Waals surface area contributed by atoms with E-state index in [1.165, 1.54) is 26.2 Å². The van der Waals surface area contributed by atoms with Crippen LogP contribution in [0.1, 0.15) is 29.1 Å². The summed E-state index contributed by atoms with van der Waals surface area (Å²) in [6.45, 7) is 3.66. The Kier molecular flexibility index (Phi) is 7.08. The first-order valence-electron chi connectivity index (χ1n) is 7.19. The zero-order valence-corrected chi connectivity index (χ0v) is 15.9. The van der Waals surface area contributed by atoms with E-state index in [1.807, 2.05) is 0 Å². The van der Waals surface area contributed by atoms with Gasteiger partial charge in [0.05, 0.1) is 7.11 Å². The van der Waals surface area contributed by atoms with E-state index < -0.39 is 28.0 Å². The molecule has 1 aromatic rings. The largest absolute Gasteiger partial charge is 0.480 e. The van der Waals surface area contributed by atoms with Crippen LogP contribution in [0.3, 0.4) is 0 Å². The van der Waals surface area contributed by atoms with Gasteiger partial charge in [0, 0.05) is 20.0 Å². The van der Waals surface area contributed by atoms with E-state index in [9.17, 15) is 27.9 Å². The molecule has 0 aliphatic rings. The molecule has 25 heavy (non-hydrogen) atoms. The Balaban J connectivity index is 3.37. The fourth-order valence-corrected chi connectivity index (χ4v) is 5.34. The van der Waals surface area contributed by atoms with E-state index in [0.29, 0.717) is 5.56 Å². The highest BCUT2D eigenvalue weighted by atomic mass is 32.2. The van der Waals surface area contributed by atoms with Crippen molar-refractivity contribution in [3.63, 3.8) is 0 Å². The first kappa shape index (κ1) is 21.1. The number of sulfonamides is 1. The van der Waals surface area contributed by atoms with Gasteiger partial charge in [-0.2, -0.15) is 4.31 Å². The number of esters is 1. The number of nitrogens with one attached hydrogen (secondary N) is 1. The lowest BCUT2D eigenvalue weighted by Gasteiger charge is -2.26. The molecule has 0 aromatic carbocycles. The van der Waals surface area contributed by atoms with Crippen LogP contribution in [-0.2, 0) is 24.3 Å². The molecule has 1 rings (SSSR count). The highest BCUT2D eigenvalue weighted by Gasteiger charge is 2.37. The molecule has 9 nitrogen and oxygen atoms in total. The number of carboxylic acid groups (broad SMARTS) is 1. The summed E-state index contributed by atoms with van der Waals surface area (Å²) in [6, 6.07) is -1.39. The lowest BCUT2D eigenvalue weighted by molar-refractivity contribution is -0.140. The van der Waals surface area contributed by atoms with Crippen LogP contribution in [0.15, 0.2) is 10.3 Å². The van der Waals surface area contributed by atoms with Crippen LogP contribution < -0.4 is 5.32 Å². The topological polar surface area (TPSA) is 130 Å². The average Bonchev–Trinajstić information content (AvgIpc) is 2.92. The number of aryl methyl sites for hydroxylation is 1. The van der Waals surface area contributed by atoms with Crippen LogP contribution in [-0.4, -0.2) is 61.9 Å². The fraction of sp³-hybridized carbons (Fsp3) is 0.500. The monoisotopic (exact) mass is 392 g/mol. The minimum atomic E-state index is -4.31.